The van der Waals surface area contributed by atoms with Crippen molar-refractivity contribution in [2.24, 2.45) is 0 Å². The number of halogens is 2. The van der Waals surface area contributed by atoms with E-state index in [4.69, 9.17) is 0 Å². The van der Waals surface area contributed by atoms with Gasteiger partial charge in [0.25, 0.3) is 15.9 Å². The summed E-state index contributed by atoms with van der Waals surface area (Å²) in [6.45, 7) is 1.63. The van der Waals surface area contributed by atoms with Crippen molar-refractivity contribution in [3.8, 4) is 0 Å². The number of anilines is 1. The Hall–Kier alpha value is -3.26. The van der Waals surface area contributed by atoms with Gasteiger partial charge in [0, 0.05) is 11.3 Å². The summed E-state index contributed by atoms with van der Waals surface area (Å²) in [4.78, 5) is 12.4. The number of para-hydroxylation sites is 1. The largest absolute Gasteiger partial charge is 0.346 e. The van der Waals surface area contributed by atoms with Gasteiger partial charge in [-0.25, -0.2) is 17.2 Å². The van der Waals surface area contributed by atoms with Crippen molar-refractivity contribution in [1.29, 1.82) is 0 Å². The molecule has 8 heteroatoms. The van der Waals surface area contributed by atoms with E-state index in [2.05, 4.69) is 10.0 Å². The van der Waals surface area contributed by atoms with Gasteiger partial charge >= 0.3 is 0 Å². The van der Waals surface area contributed by atoms with Gasteiger partial charge in [0.05, 0.1) is 10.9 Å². The SMILES string of the molecule is CC(NC(=O)c1ccc(S(=O)(=O)Nc2ccccc2)cc1)c1ccc(F)c(F)c1. The molecule has 5 nitrogen and oxygen atoms in total. The second kappa shape index (κ2) is 8.40. The van der Waals surface area contributed by atoms with E-state index in [0.717, 1.165) is 12.1 Å². The molecule has 1 unspecified atom stereocenters. The summed E-state index contributed by atoms with van der Waals surface area (Å²) in [6, 6.07) is 16.7. The molecule has 0 saturated heterocycles. The van der Waals surface area contributed by atoms with Gasteiger partial charge in [-0.2, -0.15) is 0 Å². The fourth-order valence-corrected chi connectivity index (χ4v) is 3.71. The Kier molecular flexibility index (Phi) is 5.93. The first kappa shape index (κ1) is 20.5. The minimum Gasteiger partial charge on any atom is -0.346 e. The monoisotopic (exact) mass is 416 g/mol. The number of hydrogen-bond donors (Lipinski definition) is 2. The van der Waals surface area contributed by atoms with Crippen LogP contribution in [0.15, 0.2) is 77.7 Å². The third-order valence-electron chi connectivity index (χ3n) is 4.24. The maximum Gasteiger partial charge on any atom is 0.261 e. The quantitative estimate of drug-likeness (QED) is 0.631. The van der Waals surface area contributed by atoms with Crippen LogP contribution in [-0.2, 0) is 10.0 Å². The van der Waals surface area contributed by atoms with E-state index >= 15 is 0 Å². The average molecular weight is 416 g/mol. The van der Waals surface area contributed by atoms with Gasteiger partial charge in [-0.1, -0.05) is 24.3 Å². The van der Waals surface area contributed by atoms with Crippen LogP contribution in [0.5, 0.6) is 0 Å². The molecular weight excluding hydrogens is 398 g/mol. The van der Waals surface area contributed by atoms with Crippen LogP contribution in [0.1, 0.15) is 28.9 Å². The highest BCUT2D eigenvalue weighted by atomic mass is 32.2. The smallest absolute Gasteiger partial charge is 0.261 e. The molecule has 29 heavy (non-hydrogen) atoms. The lowest BCUT2D eigenvalue weighted by molar-refractivity contribution is 0.0939. The summed E-state index contributed by atoms with van der Waals surface area (Å²) in [5.74, 6) is -2.43. The molecule has 150 valence electrons. The zero-order valence-corrected chi connectivity index (χ0v) is 16.2. The number of rotatable bonds is 6. The van der Waals surface area contributed by atoms with Crippen molar-refractivity contribution in [2.45, 2.75) is 17.9 Å². The van der Waals surface area contributed by atoms with Gasteiger partial charge in [-0.15, -0.1) is 0 Å². The maximum absolute atomic E-state index is 13.4. The molecule has 0 aliphatic carbocycles. The van der Waals surface area contributed by atoms with E-state index in [1.807, 2.05) is 0 Å². The zero-order valence-electron chi connectivity index (χ0n) is 15.4. The minimum absolute atomic E-state index is 0.00607. The third-order valence-corrected chi connectivity index (χ3v) is 5.64. The topological polar surface area (TPSA) is 75.3 Å². The summed E-state index contributed by atoms with van der Waals surface area (Å²) >= 11 is 0. The standard InChI is InChI=1S/C21H18F2N2O3S/c1-14(16-9-12-19(22)20(23)13-16)24-21(26)15-7-10-18(11-8-15)29(27,28)25-17-5-3-2-4-6-17/h2-14,25H,1H3,(H,24,26). The molecule has 0 aliphatic heterocycles. The number of amides is 1. The van der Waals surface area contributed by atoms with Gasteiger partial charge in [-0.05, 0) is 61.0 Å². The van der Waals surface area contributed by atoms with Gasteiger partial charge < -0.3 is 5.32 Å². The summed E-state index contributed by atoms with van der Waals surface area (Å²) in [5.41, 5.74) is 1.07. The van der Waals surface area contributed by atoms with Crippen molar-refractivity contribution < 1.29 is 22.0 Å². The predicted octanol–water partition coefficient (Wildman–Crippen LogP) is 4.26. The predicted molar refractivity (Wildman–Crippen MR) is 106 cm³/mol. The lowest BCUT2D eigenvalue weighted by Gasteiger charge is -2.15. The van der Waals surface area contributed by atoms with E-state index in [-0.39, 0.29) is 10.5 Å². The Bertz CT molecular complexity index is 1120. The Balaban J connectivity index is 1.70. The van der Waals surface area contributed by atoms with Gasteiger partial charge in [-0.3, -0.25) is 9.52 Å². The molecule has 0 bridgehead atoms. The molecule has 0 aliphatic rings. The second-order valence-electron chi connectivity index (χ2n) is 6.36. The minimum atomic E-state index is -3.79. The fourth-order valence-electron chi connectivity index (χ4n) is 2.65. The van der Waals surface area contributed by atoms with Gasteiger partial charge in [0.2, 0.25) is 0 Å². The first-order valence-corrected chi connectivity index (χ1v) is 10.2. The van der Waals surface area contributed by atoms with Crippen molar-refractivity contribution in [3.63, 3.8) is 0 Å². The van der Waals surface area contributed by atoms with Crippen LogP contribution < -0.4 is 10.0 Å². The van der Waals surface area contributed by atoms with E-state index in [1.54, 1.807) is 37.3 Å². The number of carbonyl (C=O) groups excluding carboxylic acids is 1. The highest BCUT2D eigenvalue weighted by Crippen LogP contribution is 2.19. The van der Waals surface area contributed by atoms with Crippen LogP contribution in [0.4, 0.5) is 14.5 Å². The van der Waals surface area contributed by atoms with E-state index in [9.17, 15) is 22.0 Å². The number of nitrogens with one attached hydrogen (secondary N) is 2. The summed E-state index contributed by atoms with van der Waals surface area (Å²) in [7, 11) is -3.79. The van der Waals surface area contributed by atoms with E-state index in [1.165, 1.54) is 30.3 Å². The molecule has 0 spiro atoms. The molecule has 2 N–H and O–H groups in total. The van der Waals surface area contributed by atoms with Crippen LogP contribution in [0.3, 0.4) is 0 Å². The van der Waals surface area contributed by atoms with Crippen molar-refractivity contribution in [1.82, 2.24) is 5.32 Å². The lowest BCUT2D eigenvalue weighted by atomic mass is 10.1. The molecule has 3 aromatic carbocycles. The van der Waals surface area contributed by atoms with E-state index in [0.29, 0.717) is 11.3 Å². The number of carbonyl (C=O) groups is 1. The Morgan fingerprint density at radius 3 is 2.17 bits per heavy atom. The number of sulfonamides is 1. The van der Waals surface area contributed by atoms with Crippen molar-refractivity contribution in [3.05, 3.63) is 95.6 Å². The Morgan fingerprint density at radius 1 is 0.897 bits per heavy atom. The maximum atomic E-state index is 13.4. The highest BCUT2D eigenvalue weighted by molar-refractivity contribution is 7.92. The normalized spacial score (nSPS) is 12.2. The molecule has 1 amide bonds. The number of hydrogen-bond acceptors (Lipinski definition) is 3. The molecule has 0 fully saturated rings. The average Bonchev–Trinajstić information content (AvgIpc) is 2.70. The second-order valence-corrected chi connectivity index (χ2v) is 8.05. The Labute approximate surface area is 167 Å². The zero-order chi connectivity index (χ0) is 21.0. The van der Waals surface area contributed by atoms with Crippen molar-refractivity contribution >= 4 is 21.6 Å². The fraction of sp³-hybridized carbons (Fsp3) is 0.0952. The molecule has 0 saturated carbocycles. The molecule has 0 aromatic heterocycles. The van der Waals surface area contributed by atoms with Crippen LogP contribution >= 0.6 is 0 Å². The van der Waals surface area contributed by atoms with Crippen molar-refractivity contribution in [2.75, 3.05) is 4.72 Å². The third kappa shape index (κ3) is 4.97. The molecule has 3 aromatic rings. The van der Waals surface area contributed by atoms with Crippen LogP contribution in [0.2, 0.25) is 0 Å². The summed E-state index contributed by atoms with van der Waals surface area (Å²) in [5, 5.41) is 2.66. The van der Waals surface area contributed by atoms with Crippen LogP contribution in [0, 0.1) is 11.6 Å². The highest BCUT2D eigenvalue weighted by Gasteiger charge is 2.17. The summed E-state index contributed by atoms with van der Waals surface area (Å²) < 4.78 is 53.7. The summed E-state index contributed by atoms with van der Waals surface area (Å²) in [6.07, 6.45) is 0. The molecule has 3 rings (SSSR count). The molecule has 0 radical (unpaired) electrons. The van der Waals surface area contributed by atoms with Crippen LogP contribution in [0.25, 0.3) is 0 Å². The molecule has 1 atom stereocenters. The molecular formula is C21H18F2N2O3S. The Morgan fingerprint density at radius 2 is 1.55 bits per heavy atom. The van der Waals surface area contributed by atoms with E-state index < -0.39 is 33.6 Å². The van der Waals surface area contributed by atoms with Crippen LogP contribution in [-0.4, -0.2) is 14.3 Å². The first-order chi connectivity index (χ1) is 13.8. The number of benzene rings is 3. The van der Waals surface area contributed by atoms with Gasteiger partial charge in [0.1, 0.15) is 0 Å². The molecule has 0 heterocycles. The first-order valence-electron chi connectivity index (χ1n) is 8.70. The van der Waals surface area contributed by atoms with Gasteiger partial charge in [0.15, 0.2) is 11.6 Å². The lowest BCUT2D eigenvalue weighted by Crippen LogP contribution is -2.26.